The Labute approximate surface area is 159 Å². The molecule has 0 aromatic heterocycles. The molecule has 140 valence electrons. The molecule has 0 saturated heterocycles. The van der Waals surface area contributed by atoms with Crippen molar-refractivity contribution in [3.05, 3.63) is 73.3 Å². The van der Waals surface area contributed by atoms with Crippen molar-refractivity contribution in [1.82, 2.24) is 0 Å². The molecule has 0 aliphatic carbocycles. The number of benzene rings is 2. The first kappa shape index (κ1) is 20.6. The second kappa shape index (κ2) is 8.80. The van der Waals surface area contributed by atoms with Crippen LogP contribution in [0.2, 0.25) is 5.04 Å². The molecule has 2 rings (SSSR count). The molecule has 2 aromatic rings. The van der Waals surface area contributed by atoms with E-state index in [-0.39, 0.29) is 11.1 Å². The second-order valence-electron chi connectivity index (χ2n) is 7.97. The molecule has 3 heteroatoms. The van der Waals surface area contributed by atoms with Crippen molar-refractivity contribution in [3.8, 4) is 0 Å². The highest BCUT2D eigenvalue weighted by Gasteiger charge is 2.50. The third-order valence-corrected chi connectivity index (χ3v) is 10.1. The fraction of sp³-hybridized carbons (Fsp3) is 0.391. The first-order chi connectivity index (χ1) is 12.3. The largest absolute Gasteiger partial charge is 0.405 e. The lowest BCUT2D eigenvalue weighted by atomic mass is 10.1. The van der Waals surface area contributed by atoms with Crippen LogP contribution in [-0.4, -0.2) is 25.6 Å². The van der Waals surface area contributed by atoms with Crippen LogP contribution in [0.1, 0.15) is 40.5 Å². The van der Waals surface area contributed by atoms with Crippen molar-refractivity contribution in [3.63, 3.8) is 0 Å². The van der Waals surface area contributed by atoms with Crippen LogP contribution in [0, 0.1) is 0 Å². The number of hydrogen-bond acceptors (Lipinski definition) is 2. The topological polar surface area (TPSA) is 29.5 Å². The molecule has 2 aromatic carbocycles. The Balaban J connectivity index is 2.48. The SMILES string of the molecule is C=C[C@H](O)CC[C@@H](C)O[Si](c1ccccc1)(c1ccccc1)C(C)(C)C. The molecule has 0 unspecified atom stereocenters. The summed E-state index contributed by atoms with van der Waals surface area (Å²) in [4.78, 5) is 0. The maximum Gasteiger partial charge on any atom is 0.261 e. The van der Waals surface area contributed by atoms with Crippen molar-refractivity contribution in [2.75, 3.05) is 0 Å². The highest BCUT2D eigenvalue weighted by Crippen LogP contribution is 2.37. The zero-order valence-electron chi connectivity index (χ0n) is 16.5. The third-order valence-electron chi connectivity index (χ3n) is 4.94. The predicted molar refractivity (Wildman–Crippen MR) is 114 cm³/mol. The van der Waals surface area contributed by atoms with E-state index in [1.54, 1.807) is 6.08 Å². The van der Waals surface area contributed by atoms with E-state index in [9.17, 15) is 5.11 Å². The van der Waals surface area contributed by atoms with Gasteiger partial charge in [0.2, 0.25) is 0 Å². The molecule has 0 fully saturated rings. The Bertz CT molecular complexity index is 637. The molecule has 1 N–H and O–H groups in total. The van der Waals surface area contributed by atoms with E-state index in [0.29, 0.717) is 6.42 Å². The second-order valence-corrected chi connectivity index (χ2v) is 12.2. The van der Waals surface area contributed by atoms with Gasteiger partial charge in [-0.25, -0.2) is 0 Å². The lowest BCUT2D eigenvalue weighted by Crippen LogP contribution is -2.67. The van der Waals surface area contributed by atoms with E-state index in [4.69, 9.17) is 4.43 Å². The van der Waals surface area contributed by atoms with Gasteiger partial charge in [-0.05, 0) is 35.2 Å². The highest BCUT2D eigenvalue weighted by molar-refractivity contribution is 6.99. The van der Waals surface area contributed by atoms with Gasteiger partial charge in [-0.15, -0.1) is 6.58 Å². The van der Waals surface area contributed by atoms with E-state index in [2.05, 4.69) is 94.9 Å². The fourth-order valence-electron chi connectivity index (χ4n) is 3.58. The lowest BCUT2D eigenvalue weighted by Gasteiger charge is -2.44. The predicted octanol–water partition coefficient (Wildman–Crippen LogP) is 4.28. The highest BCUT2D eigenvalue weighted by atomic mass is 28.4. The smallest absolute Gasteiger partial charge is 0.261 e. The molecule has 0 aliphatic rings. The van der Waals surface area contributed by atoms with E-state index in [1.807, 2.05) is 0 Å². The van der Waals surface area contributed by atoms with Crippen molar-refractivity contribution in [2.45, 2.75) is 57.8 Å². The molecule has 2 atom stereocenters. The third kappa shape index (κ3) is 4.53. The standard InChI is InChI=1S/C23H32O2Si/c1-6-20(24)18-17-19(2)25-26(23(3,4)5,21-13-9-7-10-14-21)22-15-11-8-12-16-22/h6-16,19-20,24H,1,17-18H2,2-5H3/t19-,20+/m1/s1. The molecule has 0 aliphatic heterocycles. The van der Waals surface area contributed by atoms with Gasteiger partial charge in [0.25, 0.3) is 8.32 Å². The molecule has 0 saturated carbocycles. The molecule has 2 nitrogen and oxygen atoms in total. The minimum Gasteiger partial charge on any atom is -0.405 e. The van der Waals surface area contributed by atoms with Crippen LogP contribution in [0.3, 0.4) is 0 Å². The summed E-state index contributed by atoms with van der Waals surface area (Å²) in [6, 6.07) is 21.3. The van der Waals surface area contributed by atoms with E-state index < -0.39 is 14.4 Å². The maximum absolute atomic E-state index is 9.84. The average Bonchev–Trinajstić information content (AvgIpc) is 2.64. The van der Waals surface area contributed by atoms with Crippen LogP contribution < -0.4 is 10.4 Å². The zero-order valence-corrected chi connectivity index (χ0v) is 17.5. The van der Waals surface area contributed by atoms with Gasteiger partial charge in [-0.2, -0.15) is 0 Å². The van der Waals surface area contributed by atoms with Gasteiger partial charge in [-0.3, -0.25) is 0 Å². The fourth-order valence-corrected chi connectivity index (χ4v) is 8.31. The molecule has 0 heterocycles. The summed E-state index contributed by atoms with van der Waals surface area (Å²) in [5.74, 6) is 0. The number of aliphatic hydroxyl groups excluding tert-OH is 1. The van der Waals surface area contributed by atoms with Crippen molar-refractivity contribution >= 4 is 18.7 Å². The molecule has 0 radical (unpaired) electrons. The quantitative estimate of drug-likeness (QED) is 0.557. The zero-order chi connectivity index (χ0) is 19.2. The molecular weight excluding hydrogens is 336 g/mol. The minimum absolute atomic E-state index is 0.0268. The molecule has 0 bridgehead atoms. The van der Waals surface area contributed by atoms with Gasteiger partial charge in [0.15, 0.2) is 0 Å². The van der Waals surface area contributed by atoms with E-state index in [1.165, 1.54) is 10.4 Å². The molecule has 0 spiro atoms. The monoisotopic (exact) mass is 368 g/mol. The minimum atomic E-state index is -2.50. The number of rotatable bonds is 8. The maximum atomic E-state index is 9.84. The summed E-state index contributed by atoms with van der Waals surface area (Å²) in [5.41, 5.74) is 0. The lowest BCUT2D eigenvalue weighted by molar-refractivity contribution is 0.154. The van der Waals surface area contributed by atoms with Crippen LogP contribution in [-0.2, 0) is 4.43 Å². The Morgan fingerprint density at radius 2 is 1.42 bits per heavy atom. The van der Waals surface area contributed by atoms with Gasteiger partial charge < -0.3 is 9.53 Å². The van der Waals surface area contributed by atoms with Gasteiger partial charge >= 0.3 is 0 Å². The molecular formula is C23H32O2Si. The first-order valence-electron chi connectivity index (χ1n) is 9.40. The van der Waals surface area contributed by atoms with Gasteiger partial charge in [0, 0.05) is 6.10 Å². The van der Waals surface area contributed by atoms with Gasteiger partial charge in [-0.1, -0.05) is 87.5 Å². The molecule has 0 amide bonds. The summed E-state index contributed by atoms with van der Waals surface area (Å²) in [6.45, 7) is 12.6. The van der Waals surface area contributed by atoms with Crippen molar-refractivity contribution in [1.29, 1.82) is 0 Å². The van der Waals surface area contributed by atoms with Crippen LogP contribution in [0.5, 0.6) is 0 Å². The normalized spacial score (nSPS) is 14.7. The summed E-state index contributed by atoms with van der Waals surface area (Å²) in [5, 5.41) is 12.4. The van der Waals surface area contributed by atoms with E-state index >= 15 is 0 Å². The summed E-state index contributed by atoms with van der Waals surface area (Å²) < 4.78 is 6.96. The van der Waals surface area contributed by atoms with Gasteiger partial charge in [0.05, 0.1) is 6.10 Å². The van der Waals surface area contributed by atoms with Crippen LogP contribution in [0.15, 0.2) is 73.3 Å². The Hall–Kier alpha value is -1.68. The van der Waals surface area contributed by atoms with Crippen molar-refractivity contribution in [2.24, 2.45) is 0 Å². The number of hydrogen-bond donors (Lipinski definition) is 1. The Kier molecular flexibility index (Phi) is 6.99. The Morgan fingerprint density at radius 1 is 0.962 bits per heavy atom. The van der Waals surface area contributed by atoms with Crippen molar-refractivity contribution < 1.29 is 9.53 Å². The van der Waals surface area contributed by atoms with Crippen LogP contribution in [0.25, 0.3) is 0 Å². The van der Waals surface area contributed by atoms with E-state index in [0.717, 1.165) is 6.42 Å². The molecule has 26 heavy (non-hydrogen) atoms. The number of aliphatic hydroxyl groups is 1. The summed E-state index contributed by atoms with van der Waals surface area (Å²) in [7, 11) is -2.50. The van der Waals surface area contributed by atoms with Crippen LogP contribution >= 0.6 is 0 Å². The van der Waals surface area contributed by atoms with Gasteiger partial charge in [0.1, 0.15) is 0 Å². The summed E-state index contributed by atoms with van der Waals surface area (Å²) >= 11 is 0. The Morgan fingerprint density at radius 3 is 1.81 bits per heavy atom. The van der Waals surface area contributed by atoms with Crippen LogP contribution in [0.4, 0.5) is 0 Å². The average molecular weight is 369 g/mol. The first-order valence-corrected chi connectivity index (χ1v) is 11.3. The summed E-state index contributed by atoms with van der Waals surface area (Å²) in [6.07, 6.45) is 2.65.